The Morgan fingerprint density at radius 2 is 1.67 bits per heavy atom. The van der Waals surface area contributed by atoms with E-state index in [1.165, 1.54) is 18.4 Å². The van der Waals surface area contributed by atoms with Crippen molar-refractivity contribution >= 4 is 15.7 Å². The maximum atomic E-state index is 13.2. The summed E-state index contributed by atoms with van der Waals surface area (Å²) in [7, 11) is -1.64. The molecule has 0 bridgehead atoms. The molecule has 0 radical (unpaired) electrons. The molecule has 3 rings (SSSR count). The van der Waals surface area contributed by atoms with Crippen LogP contribution < -0.4 is 4.74 Å². The van der Waals surface area contributed by atoms with Gasteiger partial charge in [-0.25, -0.2) is 8.42 Å². The van der Waals surface area contributed by atoms with Gasteiger partial charge in [0.1, 0.15) is 5.75 Å². The van der Waals surface area contributed by atoms with Crippen molar-refractivity contribution in [3.8, 4) is 5.75 Å². The lowest BCUT2D eigenvalue weighted by atomic mass is 10.00. The third kappa shape index (κ3) is 4.50. The third-order valence-electron chi connectivity index (χ3n) is 5.04. The van der Waals surface area contributed by atoms with E-state index >= 15 is 0 Å². The highest BCUT2D eigenvalue weighted by atomic mass is 32.2. The minimum atomic E-state index is -3.27. The summed E-state index contributed by atoms with van der Waals surface area (Å²) in [5, 5.41) is 0. The van der Waals surface area contributed by atoms with Gasteiger partial charge in [0.05, 0.1) is 18.0 Å². The minimum Gasteiger partial charge on any atom is -0.497 e. The number of methoxy groups -OCH3 is 1. The Kier molecular flexibility index (Phi) is 5.85. The van der Waals surface area contributed by atoms with E-state index in [4.69, 9.17) is 4.74 Å². The van der Waals surface area contributed by atoms with Crippen LogP contribution in [0.3, 0.4) is 0 Å². The molecular weight excluding hydrogens is 362 g/mol. The first-order valence-corrected chi connectivity index (χ1v) is 11.0. The first-order chi connectivity index (χ1) is 12.9. The van der Waals surface area contributed by atoms with E-state index in [0.29, 0.717) is 12.1 Å². The molecule has 6 heteroatoms. The van der Waals surface area contributed by atoms with Gasteiger partial charge in [0.2, 0.25) is 0 Å². The van der Waals surface area contributed by atoms with Crippen LogP contribution in [0.5, 0.6) is 5.75 Å². The molecule has 1 saturated heterocycles. The number of hydrogen-bond acceptors (Lipinski definition) is 4. The fraction of sp³-hybridized carbons (Fsp3) is 0.381. The largest absolute Gasteiger partial charge is 0.497 e. The fourth-order valence-corrected chi connectivity index (χ4v) is 4.17. The second-order valence-electron chi connectivity index (χ2n) is 6.93. The molecule has 1 aliphatic rings. The Labute approximate surface area is 160 Å². The Hall–Kier alpha value is -2.34. The highest BCUT2D eigenvalue weighted by Gasteiger charge is 2.27. The summed E-state index contributed by atoms with van der Waals surface area (Å²) in [6.45, 7) is 0.698. The Balaban J connectivity index is 1.89. The van der Waals surface area contributed by atoms with Crippen LogP contribution in [0.25, 0.3) is 0 Å². The van der Waals surface area contributed by atoms with Crippen molar-refractivity contribution in [3.05, 3.63) is 59.7 Å². The molecule has 27 heavy (non-hydrogen) atoms. The molecule has 2 aromatic carbocycles. The van der Waals surface area contributed by atoms with Gasteiger partial charge >= 0.3 is 0 Å². The second-order valence-corrected chi connectivity index (χ2v) is 8.95. The smallest absolute Gasteiger partial charge is 0.254 e. The molecular formula is C21H25NO4S. The summed E-state index contributed by atoms with van der Waals surface area (Å²) in [4.78, 5) is 15.3. The van der Waals surface area contributed by atoms with Gasteiger partial charge in [0, 0.05) is 18.4 Å². The van der Waals surface area contributed by atoms with Crippen molar-refractivity contribution < 1.29 is 17.9 Å². The number of nitrogens with zero attached hydrogens (tertiary/aromatic N) is 1. The van der Waals surface area contributed by atoms with Crippen LogP contribution in [0.1, 0.15) is 47.6 Å². The summed E-state index contributed by atoms with van der Waals surface area (Å²) in [5.41, 5.74) is 1.61. The van der Waals surface area contributed by atoms with Crippen LogP contribution in [-0.2, 0) is 9.84 Å². The number of carbonyl (C=O) groups excluding carboxylic acids is 1. The van der Waals surface area contributed by atoms with Gasteiger partial charge in [-0.05, 0) is 54.8 Å². The highest BCUT2D eigenvalue weighted by molar-refractivity contribution is 7.90. The first kappa shape index (κ1) is 19.4. The molecule has 1 amide bonds. The predicted molar refractivity (Wildman–Crippen MR) is 105 cm³/mol. The molecule has 1 atom stereocenters. The number of hydrogen-bond donors (Lipinski definition) is 0. The van der Waals surface area contributed by atoms with E-state index in [0.717, 1.165) is 37.0 Å². The first-order valence-electron chi connectivity index (χ1n) is 9.15. The number of rotatable bonds is 4. The maximum Gasteiger partial charge on any atom is 0.254 e. The highest BCUT2D eigenvalue weighted by Crippen LogP contribution is 2.32. The topological polar surface area (TPSA) is 63.7 Å². The zero-order chi connectivity index (χ0) is 19.4. The van der Waals surface area contributed by atoms with Crippen molar-refractivity contribution in [3.63, 3.8) is 0 Å². The van der Waals surface area contributed by atoms with Gasteiger partial charge in [0.15, 0.2) is 9.84 Å². The van der Waals surface area contributed by atoms with Crippen LogP contribution in [0.15, 0.2) is 53.4 Å². The molecule has 0 aromatic heterocycles. The predicted octanol–water partition coefficient (Wildman–Crippen LogP) is 3.86. The Bertz CT molecular complexity index is 889. The number of likely N-dealkylation sites (tertiary alicyclic amines) is 1. The van der Waals surface area contributed by atoms with Gasteiger partial charge in [-0.2, -0.15) is 0 Å². The quantitative estimate of drug-likeness (QED) is 0.799. The zero-order valence-corrected chi connectivity index (χ0v) is 16.5. The minimum absolute atomic E-state index is 0.0143. The van der Waals surface area contributed by atoms with Crippen molar-refractivity contribution in [2.24, 2.45) is 0 Å². The summed E-state index contributed by atoms with van der Waals surface area (Å²) < 4.78 is 28.5. The van der Waals surface area contributed by atoms with Crippen LogP contribution in [0.4, 0.5) is 0 Å². The van der Waals surface area contributed by atoms with Crippen LogP contribution in [0.2, 0.25) is 0 Å². The van der Waals surface area contributed by atoms with Gasteiger partial charge < -0.3 is 9.64 Å². The average Bonchev–Trinajstić information content (AvgIpc) is 2.93. The molecule has 144 valence electrons. The molecule has 5 nitrogen and oxygen atoms in total. The molecule has 0 saturated carbocycles. The molecule has 0 spiro atoms. The molecule has 0 N–H and O–H groups in total. The van der Waals surface area contributed by atoms with Gasteiger partial charge in [-0.15, -0.1) is 0 Å². The number of carbonyl (C=O) groups is 1. The zero-order valence-electron chi connectivity index (χ0n) is 15.7. The van der Waals surface area contributed by atoms with E-state index in [9.17, 15) is 13.2 Å². The third-order valence-corrected chi connectivity index (χ3v) is 6.17. The van der Waals surface area contributed by atoms with Crippen molar-refractivity contribution in [2.45, 2.75) is 36.6 Å². The molecule has 1 fully saturated rings. The monoisotopic (exact) mass is 387 g/mol. The Morgan fingerprint density at radius 1 is 1.00 bits per heavy atom. The average molecular weight is 388 g/mol. The summed E-state index contributed by atoms with van der Waals surface area (Å²) in [5.74, 6) is 0.736. The van der Waals surface area contributed by atoms with E-state index in [-0.39, 0.29) is 16.8 Å². The number of ether oxygens (including phenoxy) is 1. The van der Waals surface area contributed by atoms with Crippen LogP contribution >= 0.6 is 0 Å². The molecule has 0 aliphatic carbocycles. The normalized spacial score (nSPS) is 18.0. The lowest BCUT2D eigenvalue weighted by molar-refractivity contribution is 0.0681. The van der Waals surface area contributed by atoms with E-state index < -0.39 is 9.84 Å². The van der Waals surface area contributed by atoms with Crippen molar-refractivity contribution in [1.82, 2.24) is 4.90 Å². The molecule has 2 aromatic rings. The molecule has 1 aliphatic heterocycles. The van der Waals surface area contributed by atoms with Gasteiger partial charge in [0.25, 0.3) is 5.91 Å². The van der Waals surface area contributed by atoms with Crippen molar-refractivity contribution in [2.75, 3.05) is 19.9 Å². The summed E-state index contributed by atoms with van der Waals surface area (Å²) in [6, 6.07) is 14.1. The number of amides is 1. The second kappa shape index (κ2) is 8.13. The van der Waals surface area contributed by atoms with Gasteiger partial charge in [-0.1, -0.05) is 25.0 Å². The van der Waals surface area contributed by atoms with E-state index in [1.807, 2.05) is 29.2 Å². The van der Waals surface area contributed by atoms with E-state index in [1.54, 1.807) is 19.2 Å². The fourth-order valence-electron chi connectivity index (χ4n) is 3.53. The van der Waals surface area contributed by atoms with Crippen molar-refractivity contribution in [1.29, 1.82) is 0 Å². The summed E-state index contributed by atoms with van der Waals surface area (Å²) in [6.07, 6.45) is 5.23. The molecule has 1 heterocycles. The summed E-state index contributed by atoms with van der Waals surface area (Å²) >= 11 is 0. The van der Waals surface area contributed by atoms with Crippen LogP contribution in [-0.4, -0.2) is 39.1 Å². The SMILES string of the molecule is COc1ccc([C@H]2CCCCCN2C(=O)c2ccc(S(C)(=O)=O)cc2)cc1. The van der Waals surface area contributed by atoms with E-state index in [2.05, 4.69) is 0 Å². The van der Waals surface area contributed by atoms with Crippen LogP contribution in [0, 0.1) is 0 Å². The number of benzene rings is 2. The lowest BCUT2D eigenvalue weighted by Crippen LogP contribution is -2.34. The maximum absolute atomic E-state index is 13.2. The Morgan fingerprint density at radius 3 is 2.26 bits per heavy atom. The molecule has 0 unspecified atom stereocenters. The standard InChI is InChI=1S/C21H25NO4S/c1-26-18-11-7-16(8-12-18)20-6-4-3-5-15-22(20)21(23)17-9-13-19(14-10-17)27(2,24)25/h7-14,20H,3-6,15H2,1-2H3/t20-/m1/s1. The lowest BCUT2D eigenvalue weighted by Gasteiger charge is -2.31. The number of sulfone groups is 1. The van der Waals surface area contributed by atoms with Gasteiger partial charge in [-0.3, -0.25) is 4.79 Å².